The van der Waals surface area contributed by atoms with Gasteiger partial charge >= 0.3 is 37.7 Å². The SMILES string of the molecule is CCCCCCCCCCCCCCc1cccc(Oc2cccc(O)c2)c1S(=O)(=O)O.CCCCCCCCCCCCCCc1cccc(Oc2cccc([O-])c2)c1S(=O)(=O)[O-].[Ca+2]. The number of phenols is 1. The Hall–Kier alpha value is -2.84. The number of aryl methyl sites for hydroxylation is 2. The van der Waals surface area contributed by atoms with Crippen molar-refractivity contribution in [1.29, 1.82) is 0 Å². The van der Waals surface area contributed by atoms with Crippen molar-refractivity contribution in [3.8, 4) is 34.5 Å². The Morgan fingerprint density at radius 1 is 0.477 bits per heavy atom. The van der Waals surface area contributed by atoms with Crippen LogP contribution in [-0.4, -0.2) is 68.8 Å². The number of benzene rings is 4. The van der Waals surface area contributed by atoms with Crippen LogP contribution in [-0.2, 0) is 33.1 Å². The molecule has 0 bridgehead atoms. The van der Waals surface area contributed by atoms with E-state index in [0.717, 1.165) is 38.5 Å². The summed E-state index contributed by atoms with van der Waals surface area (Å²) in [5, 5.41) is 21.1. The minimum atomic E-state index is -4.71. The summed E-state index contributed by atoms with van der Waals surface area (Å²) in [5.74, 6) is 0.323. The molecule has 0 aliphatic rings. The molecule has 0 atom stereocenters. The van der Waals surface area contributed by atoms with Crippen LogP contribution >= 0.6 is 0 Å². The van der Waals surface area contributed by atoms with Crippen molar-refractivity contribution in [3.63, 3.8) is 0 Å². The zero-order valence-electron chi connectivity index (χ0n) is 39.2. The first-order valence-electron chi connectivity index (χ1n) is 23.9. The quantitative estimate of drug-likeness (QED) is 0.0272. The van der Waals surface area contributed by atoms with Crippen molar-refractivity contribution in [2.75, 3.05) is 0 Å². The second-order valence-corrected chi connectivity index (χ2v) is 19.5. The molecule has 4 rings (SSSR count). The van der Waals surface area contributed by atoms with E-state index >= 15 is 0 Å². The monoisotopic (exact) mass is 962 g/mol. The van der Waals surface area contributed by atoms with Crippen LogP contribution in [0.5, 0.6) is 34.5 Å². The van der Waals surface area contributed by atoms with Crippen LogP contribution in [0.2, 0.25) is 0 Å². The number of phenolic OH excluding ortho intramolecular Hbond substituents is 1. The molecular weight excluding hydrogens is 889 g/mol. The van der Waals surface area contributed by atoms with Gasteiger partial charge in [0.15, 0.2) is 0 Å². The van der Waals surface area contributed by atoms with Crippen molar-refractivity contribution in [3.05, 3.63) is 96.1 Å². The maximum absolute atomic E-state index is 12.1. The largest absolute Gasteiger partial charge is 2.00 e. The standard InChI is InChI=1S/2C26H38O5S.Ca/c2*1-2-3-4-5-6-7-8-9-10-11-12-13-16-22-17-14-20-25(26(22)32(28,29)30)31-24-19-15-18-23(27)21-24;/h2*14-15,17-21,27H,2-13,16H2,1H3,(H,28,29,30);/q;;+2/p-2. The first-order valence-corrected chi connectivity index (χ1v) is 26.8. The van der Waals surface area contributed by atoms with E-state index in [9.17, 15) is 36.2 Å². The van der Waals surface area contributed by atoms with Gasteiger partial charge in [0.1, 0.15) is 48.7 Å². The fourth-order valence-corrected chi connectivity index (χ4v) is 9.62. The van der Waals surface area contributed by atoms with Gasteiger partial charge in [-0.15, -0.1) is 5.75 Å². The Balaban J connectivity index is 0.000000440. The molecule has 0 aliphatic heterocycles. The molecule has 0 unspecified atom stereocenters. The van der Waals surface area contributed by atoms with Crippen molar-refractivity contribution < 1.29 is 45.6 Å². The maximum atomic E-state index is 12.1. The third kappa shape index (κ3) is 24.7. The van der Waals surface area contributed by atoms with Gasteiger partial charge in [-0.25, -0.2) is 8.42 Å². The molecule has 0 spiro atoms. The number of aromatic hydroxyl groups is 1. The predicted molar refractivity (Wildman–Crippen MR) is 260 cm³/mol. The molecular formula is C52H74CaO10S2. The van der Waals surface area contributed by atoms with E-state index in [0.29, 0.717) is 29.7 Å². The molecule has 4 aromatic rings. The van der Waals surface area contributed by atoms with E-state index < -0.39 is 20.2 Å². The smallest absolute Gasteiger partial charge is 0.872 e. The number of hydrogen-bond acceptors (Lipinski definition) is 9. The van der Waals surface area contributed by atoms with Crippen LogP contribution in [0.4, 0.5) is 0 Å². The predicted octanol–water partition coefficient (Wildman–Crippen LogP) is 14.0. The average molecular weight is 963 g/mol. The van der Waals surface area contributed by atoms with E-state index in [4.69, 9.17) is 9.47 Å². The second kappa shape index (κ2) is 33.6. The zero-order valence-corrected chi connectivity index (χ0v) is 43.0. The van der Waals surface area contributed by atoms with Crippen molar-refractivity contribution >= 4 is 58.0 Å². The van der Waals surface area contributed by atoms with Gasteiger partial charge in [0, 0.05) is 6.07 Å². The van der Waals surface area contributed by atoms with Gasteiger partial charge < -0.3 is 24.2 Å². The Kier molecular flexibility index (Phi) is 30.1. The van der Waals surface area contributed by atoms with E-state index in [2.05, 4.69) is 13.8 Å². The Labute approximate surface area is 421 Å². The molecule has 0 heterocycles. The van der Waals surface area contributed by atoms with Crippen LogP contribution in [0, 0.1) is 0 Å². The maximum Gasteiger partial charge on any atom is 2.00 e. The number of ether oxygens (including phenoxy) is 2. The molecule has 65 heavy (non-hydrogen) atoms. The molecule has 10 nitrogen and oxygen atoms in total. The van der Waals surface area contributed by atoms with E-state index in [1.165, 1.54) is 158 Å². The third-order valence-electron chi connectivity index (χ3n) is 11.3. The van der Waals surface area contributed by atoms with Gasteiger partial charge in [0.05, 0.1) is 0 Å². The molecule has 13 heteroatoms. The molecule has 4 aromatic carbocycles. The number of unbranched alkanes of at least 4 members (excludes halogenated alkanes) is 22. The third-order valence-corrected chi connectivity index (χ3v) is 13.2. The summed E-state index contributed by atoms with van der Waals surface area (Å²) >= 11 is 0. The van der Waals surface area contributed by atoms with Crippen molar-refractivity contribution in [2.45, 2.75) is 191 Å². The fourth-order valence-electron chi connectivity index (χ4n) is 7.91. The summed E-state index contributed by atoms with van der Waals surface area (Å²) in [7, 11) is -9.16. The summed E-state index contributed by atoms with van der Waals surface area (Å²) in [6.07, 6.45) is 30.5. The summed E-state index contributed by atoms with van der Waals surface area (Å²) in [5.41, 5.74) is 1.03. The molecule has 0 saturated heterocycles. The summed E-state index contributed by atoms with van der Waals surface area (Å²) < 4.78 is 81.1. The normalized spacial score (nSPS) is 11.4. The van der Waals surface area contributed by atoms with E-state index in [1.807, 2.05) is 0 Å². The van der Waals surface area contributed by atoms with E-state index in [-0.39, 0.29) is 76.3 Å². The van der Waals surface area contributed by atoms with Gasteiger partial charge in [0.25, 0.3) is 10.1 Å². The Bertz CT molecular complexity index is 1970. The molecule has 0 aliphatic carbocycles. The van der Waals surface area contributed by atoms with Crippen LogP contribution < -0.4 is 14.6 Å². The van der Waals surface area contributed by atoms with Crippen LogP contribution in [0.3, 0.4) is 0 Å². The fraction of sp³-hybridized carbons (Fsp3) is 0.538. The summed E-state index contributed by atoms with van der Waals surface area (Å²) in [6.45, 7) is 4.48. The molecule has 0 radical (unpaired) electrons. The van der Waals surface area contributed by atoms with Crippen molar-refractivity contribution in [2.24, 2.45) is 0 Å². The number of hydrogen-bond donors (Lipinski definition) is 2. The molecule has 0 fully saturated rings. The van der Waals surface area contributed by atoms with E-state index in [1.54, 1.807) is 42.5 Å². The second-order valence-electron chi connectivity index (χ2n) is 16.9. The topological polar surface area (TPSA) is 173 Å². The Morgan fingerprint density at radius 2 is 0.831 bits per heavy atom. The summed E-state index contributed by atoms with van der Waals surface area (Å²) in [6, 6.07) is 21.6. The molecule has 0 amide bonds. The molecule has 0 saturated carbocycles. The van der Waals surface area contributed by atoms with Crippen LogP contribution in [0.1, 0.15) is 179 Å². The van der Waals surface area contributed by atoms with Gasteiger partial charge in [-0.05, 0) is 73.2 Å². The Morgan fingerprint density at radius 3 is 1.22 bits per heavy atom. The minimum absolute atomic E-state index is 0. The van der Waals surface area contributed by atoms with Crippen molar-refractivity contribution in [1.82, 2.24) is 0 Å². The molecule has 356 valence electrons. The van der Waals surface area contributed by atoms with Gasteiger partial charge in [-0.3, -0.25) is 4.55 Å². The average Bonchev–Trinajstić information content (AvgIpc) is 3.24. The minimum Gasteiger partial charge on any atom is -0.872 e. The van der Waals surface area contributed by atoms with Crippen LogP contribution in [0.25, 0.3) is 0 Å². The zero-order chi connectivity index (χ0) is 46.5. The first kappa shape index (κ1) is 58.3. The molecule has 0 aromatic heterocycles. The van der Waals surface area contributed by atoms with Gasteiger partial charge in [0.2, 0.25) is 0 Å². The molecule has 2 N–H and O–H groups in total. The first-order chi connectivity index (χ1) is 30.8. The summed E-state index contributed by atoms with van der Waals surface area (Å²) in [4.78, 5) is -0.509. The van der Waals surface area contributed by atoms with Gasteiger partial charge in [-0.2, -0.15) is 8.42 Å². The number of rotatable bonds is 32. The van der Waals surface area contributed by atoms with Gasteiger partial charge in [-0.1, -0.05) is 198 Å². The van der Waals surface area contributed by atoms with Crippen LogP contribution in [0.15, 0.2) is 94.7 Å².